The monoisotopic (exact) mass is 218 g/mol. The first-order chi connectivity index (χ1) is 7.68. The molecule has 0 amide bonds. The largest absolute Gasteiger partial charge is 0.307 e. The quantitative estimate of drug-likeness (QED) is 0.821. The standard InChI is InChI=1S/C14H22N2/c1-10(2)14(13-6-8-15-9-7-13)16-11(3)12-4-5-12/h6-12,14,16H,4-5H2,1-3H3. The van der Waals surface area contributed by atoms with Crippen molar-refractivity contribution in [2.24, 2.45) is 11.8 Å². The summed E-state index contributed by atoms with van der Waals surface area (Å²) in [6.07, 6.45) is 6.56. The molecule has 0 bridgehead atoms. The van der Waals surface area contributed by atoms with Crippen LogP contribution in [-0.2, 0) is 0 Å². The summed E-state index contributed by atoms with van der Waals surface area (Å²) in [6, 6.07) is 5.34. The molecule has 1 heterocycles. The van der Waals surface area contributed by atoms with E-state index in [1.807, 2.05) is 12.4 Å². The van der Waals surface area contributed by atoms with Crippen molar-refractivity contribution in [2.45, 2.75) is 45.7 Å². The van der Waals surface area contributed by atoms with Gasteiger partial charge in [-0.1, -0.05) is 13.8 Å². The predicted octanol–water partition coefficient (Wildman–Crippen LogP) is 3.17. The molecule has 1 fully saturated rings. The van der Waals surface area contributed by atoms with Crippen molar-refractivity contribution in [3.8, 4) is 0 Å². The lowest BCUT2D eigenvalue weighted by Gasteiger charge is -2.27. The van der Waals surface area contributed by atoms with Gasteiger partial charge in [0.25, 0.3) is 0 Å². The van der Waals surface area contributed by atoms with E-state index in [9.17, 15) is 0 Å². The molecule has 1 saturated carbocycles. The Morgan fingerprint density at radius 2 is 1.81 bits per heavy atom. The Labute approximate surface area is 98.5 Å². The smallest absolute Gasteiger partial charge is 0.0346 e. The van der Waals surface area contributed by atoms with Gasteiger partial charge in [-0.2, -0.15) is 0 Å². The number of hydrogen-bond acceptors (Lipinski definition) is 2. The second kappa shape index (κ2) is 4.96. The van der Waals surface area contributed by atoms with Crippen molar-refractivity contribution in [3.63, 3.8) is 0 Å². The highest BCUT2D eigenvalue weighted by Gasteiger charge is 2.30. The van der Waals surface area contributed by atoms with Gasteiger partial charge in [-0.25, -0.2) is 0 Å². The minimum Gasteiger partial charge on any atom is -0.307 e. The molecule has 0 aliphatic heterocycles. The molecule has 0 spiro atoms. The fourth-order valence-corrected chi connectivity index (χ4v) is 2.26. The molecule has 2 heteroatoms. The maximum absolute atomic E-state index is 4.09. The predicted molar refractivity (Wildman–Crippen MR) is 67.1 cm³/mol. The van der Waals surface area contributed by atoms with Crippen LogP contribution in [0, 0.1) is 11.8 Å². The first-order valence-corrected chi connectivity index (χ1v) is 6.34. The third kappa shape index (κ3) is 2.82. The zero-order valence-corrected chi connectivity index (χ0v) is 10.5. The SMILES string of the molecule is CC(C)C(NC(C)C1CC1)c1ccncc1. The van der Waals surface area contributed by atoms with Gasteiger partial charge in [0.2, 0.25) is 0 Å². The van der Waals surface area contributed by atoms with Gasteiger partial charge >= 0.3 is 0 Å². The molecule has 2 atom stereocenters. The number of pyridine rings is 1. The van der Waals surface area contributed by atoms with E-state index in [4.69, 9.17) is 0 Å². The topological polar surface area (TPSA) is 24.9 Å². The molecule has 0 saturated heterocycles. The van der Waals surface area contributed by atoms with Gasteiger partial charge in [0.1, 0.15) is 0 Å². The third-order valence-corrected chi connectivity index (χ3v) is 3.50. The van der Waals surface area contributed by atoms with Gasteiger partial charge in [0.05, 0.1) is 0 Å². The fraction of sp³-hybridized carbons (Fsp3) is 0.643. The Morgan fingerprint density at radius 3 is 2.31 bits per heavy atom. The summed E-state index contributed by atoms with van der Waals surface area (Å²) >= 11 is 0. The maximum atomic E-state index is 4.09. The van der Waals surface area contributed by atoms with Crippen LogP contribution in [0.3, 0.4) is 0 Å². The number of nitrogens with one attached hydrogen (secondary N) is 1. The highest BCUT2D eigenvalue weighted by atomic mass is 15.0. The molecule has 2 rings (SSSR count). The van der Waals surface area contributed by atoms with E-state index in [2.05, 4.69) is 43.2 Å². The average molecular weight is 218 g/mol. The minimum absolute atomic E-state index is 0.457. The van der Waals surface area contributed by atoms with Crippen molar-refractivity contribution in [1.29, 1.82) is 0 Å². The molecule has 2 unspecified atom stereocenters. The molecule has 0 radical (unpaired) electrons. The average Bonchev–Trinajstić information content (AvgIpc) is 3.10. The van der Waals surface area contributed by atoms with E-state index in [-0.39, 0.29) is 0 Å². The molecule has 1 aromatic heterocycles. The van der Waals surface area contributed by atoms with Crippen LogP contribution in [-0.4, -0.2) is 11.0 Å². The van der Waals surface area contributed by atoms with Gasteiger partial charge < -0.3 is 5.32 Å². The Bertz CT molecular complexity index is 317. The van der Waals surface area contributed by atoms with Gasteiger partial charge in [-0.3, -0.25) is 4.98 Å². The van der Waals surface area contributed by atoms with Crippen LogP contribution in [0.1, 0.15) is 45.2 Å². The van der Waals surface area contributed by atoms with Crippen LogP contribution < -0.4 is 5.32 Å². The highest BCUT2D eigenvalue weighted by Crippen LogP contribution is 2.34. The number of rotatable bonds is 5. The third-order valence-electron chi connectivity index (χ3n) is 3.50. The van der Waals surface area contributed by atoms with E-state index in [1.165, 1.54) is 18.4 Å². The summed E-state index contributed by atoms with van der Waals surface area (Å²) in [6.45, 7) is 6.86. The first kappa shape index (κ1) is 11.6. The lowest BCUT2D eigenvalue weighted by Crippen LogP contribution is -2.34. The van der Waals surface area contributed by atoms with Crippen molar-refractivity contribution in [1.82, 2.24) is 10.3 Å². The first-order valence-electron chi connectivity index (χ1n) is 6.34. The molecule has 88 valence electrons. The zero-order valence-electron chi connectivity index (χ0n) is 10.5. The van der Waals surface area contributed by atoms with Gasteiger partial charge in [-0.05, 0) is 49.3 Å². The van der Waals surface area contributed by atoms with E-state index in [0.717, 1.165) is 5.92 Å². The van der Waals surface area contributed by atoms with Crippen LogP contribution in [0.2, 0.25) is 0 Å². The second-order valence-electron chi connectivity index (χ2n) is 5.30. The van der Waals surface area contributed by atoms with E-state index in [0.29, 0.717) is 18.0 Å². The molecule has 1 N–H and O–H groups in total. The lowest BCUT2D eigenvalue weighted by molar-refractivity contribution is 0.351. The molecular formula is C14H22N2. The minimum atomic E-state index is 0.457. The number of hydrogen-bond donors (Lipinski definition) is 1. The Balaban J connectivity index is 2.05. The summed E-state index contributed by atoms with van der Waals surface area (Å²) < 4.78 is 0. The van der Waals surface area contributed by atoms with E-state index in [1.54, 1.807) is 0 Å². The van der Waals surface area contributed by atoms with Crippen molar-refractivity contribution in [2.75, 3.05) is 0 Å². The van der Waals surface area contributed by atoms with Crippen LogP contribution in [0.5, 0.6) is 0 Å². The van der Waals surface area contributed by atoms with Crippen molar-refractivity contribution >= 4 is 0 Å². The molecule has 1 aliphatic carbocycles. The van der Waals surface area contributed by atoms with Gasteiger partial charge in [0.15, 0.2) is 0 Å². The summed E-state index contributed by atoms with van der Waals surface area (Å²) in [5.74, 6) is 1.52. The summed E-state index contributed by atoms with van der Waals surface area (Å²) in [4.78, 5) is 4.09. The molecule has 1 aliphatic rings. The van der Waals surface area contributed by atoms with Crippen LogP contribution in [0.4, 0.5) is 0 Å². The Morgan fingerprint density at radius 1 is 1.19 bits per heavy atom. The Kier molecular flexibility index (Phi) is 3.59. The summed E-state index contributed by atoms with van der Waals surface area (Å²) in [5.41, 5.74) is 1.36. The van der Waals surface area contributed by atoms with Gasteiger partial charge in [0, 0.05) is 24.5 Å². The van der Waals surface area contributed by atoms with E-state index >= 15 is 0 Å². The molecule has 16 heavy (non-hydrogen) atoms. The second-order valence-corrected chi connectivity index (χ2v) is 5.30. The summed E-state index contributed by atoms with van der Waals surface area (Å²) in [5, 5.41) is 3.77. The van der Waals surface area contributed by atoms with Crippen LogP contribution in [0.15, 0.2) is 24.5 Å². The van der Waals surface area contributed by atoms with E-state index < -0.39 is 0 Å². The zero-order chi connectivity index (χ0) is 11.5. The number of nitrogens with zero attached hydrogens (tertiary/aromatic N) is 1. The molecule has 1 aromatic rings. The highest BCUT2D eigenvalue weighted by molar-refractivity contribution is 5.16. The fourth-order valence-electron chi connectivity index (χ4n) is 2.26. The number of aromatic nitrogens is 1. The maximum Gasteiger partial charge on any atom is 0.0346 e. The van der Waals surface area contributed by atoms with Crippen LogP contribution in [0.25, 0.3) is 0 Å². The summed E-state index contributed by atoms with van der Waals surface area (Å²) in [7, 11) is 0. The molecule has 0 aromatic carbocycles. The van der Waals surface area contributed by atoms with Crippen LogP contribution >= 0.6 is 0 Å². The lowest BCUT2D eigenvalue weighted by atomic mass is 9.95. The van der Waals surface area contributed by atoms with Crippen molar-refractivity contribution < 1.29 is 0 Å². The Hall–Kier alpha value is -0.890. The molecular weight excluding hydrogens is 196 g/mol. The molecule has 2 nitrogen and oxygen atoms in total. The van der Waals surface area contributed by atoms with Gasteiger partial charge in [-0.15, -0.1) is 0 Å². The normalized spacial score (nSPS) is 19.8. The van der Waals surface area contributed by atoms with Crippen molar-refractivity contribution in [3.05, 3.63) is 30.1 Å².